The van der Waals surface area contributed by atoms with Gasteiger partial charge in [-0.1, -0.05) is 12.1 Å². The van der Waals surface area contributed by atoms with Gasteiger partial charge in [0.1, 0.15) is 17.7 Å². The van der Waals surface area contributed by atoms with E-state index >= 15 is 0 Å². The Labute approximate surface area is 154 Å². The van der Waals surface area contributed by atoms with Crippen LogP contribution in [0.25, 0.3) is 22.2 Å². The molecule has 4 N–H and O–H groups in total. The normalized spacial score (nSPS) is 17.2. The Morgan fingerprint density at radius 1 is 1.19 bits per heavy atom. The Bertz CT molecular complexity index is 1050. The Balaban J connectivity index is 1.41. The van der Waals surface area contributed by atoms with Crippen molar-refractivity contribution in [1.82, 2.24) is 29.9 Å². The van der Waals surface area contributed by atoms with E-state index < -0.39 is 0 Å². The minimum absolute atomic E-state index is 0.102. The minimum Gasteiger partial charge on any atom is -0.394 e. The molecule has 138 valence electrons. The van der Waals surface area contributed by atoms with Gasteiger partial charge in [0.05, 0.1) is 30.2 Å². The fraction of sp³-hybridized carbons (Fsp3) is 0.333. The van der Waals surface area contributed by atoms with Gasteiger partial charge in [-0.25, -0.2) is 15.0 Å². The van der Waals surface area contributed by atoms with Crippen molar-refractivity contribution in [3.05, 3.63) is 36.4 Å². The number of hydrogen-bond acceptors (Lipinski definition) is 7. The summed E-state index contributed by atoms with van der Waals surface area (Å²) in [6, 6.07) is 8.04. The summed E-state index contributed by atoms with van der Waals surface area (Å²) in [6.07, 6.45) is 3.52. The number of benzene rings is 1. The van der Waals surface area contributed by atoms with Crippen molar-refractivity contribution in [3.63, 3.8) is 0 Å². The summed E-state index contributed by atoms with van der Waals surface area (Å²) in [4.78, 5) is 26.5. The molecule has 1 aliphatic rings. The van der Waals surface area contributed by atoms with Crippen LogP contribution in [-0.4, -0.2) is 54.2 Å². The second-order valence-electron chi connectivity index (χ2n) is 6.71. The van der Waals surface area contributed by atoms with E-state index in [2.05, 4.69) is 40.1 Å². The van der Waals surface area contributed by atoms with Crippen molar-refractivity contribution >= 4 is 34.0 Å². The van der Waals surface area contributed by atoms with Crippen LogP contribution < -0.4 is 10.2 Å². The largest absolute Gasteiger partial charge is 0.394 e. The van der Waals surface area contributed by atoms with Crippen LogP contribution in [0.3, 0.4) is 0 Å². The highest BCUT2D eigenvalue weighted by molar-refractivity contribution is 5.84. The van der Waals surface area contributed by atoms with Crippen molar-refractivity contribution < 1.29 is 5.11 Å². The third kappa shape index (κ3) is 2.85. The van der Waals surface area contributed by atoms with E-state index in [1.807, 2.05) is 24.3 Å². The van der Waals surface area contributed by atoms with Crippen LogP contribution in [0.1, 0.15) is 18.7 Å². The third-order valence-corrected chi connectivity index (χ3v) is 5.00. The van der Waals surface area contributed by atoms with Crippen molar-refractivity contribution in [2.75, 3.05) is 23.4 Å². The fourth-order valence-electron chi connectivity index (χ4n) is 3.65. The number of para-hydroxylation sites is 2. The highest BCUT2D eigenvalue weighted by atomic mass is 16.3. The maximum Gasteiger partial charge on any atom is 0.205 e. The average molecular weight is 364 g/mol. The number of nitrogens with zero attached hydrogens (tertiary/aromatic N) is 5. The molecule has 5 rings (SSSR count). The Morgan fingerprint density at radius 2 is 2.11 bits per heavy atom. The van der Waals surface area contributed by atoms with Crippen LogP contribution in [0.2, 0.25) is 0 Å². The highest BCUT2D eigenvalue weighted by Crippen LogP contribution is 2.26. The molecule has 1 atom stereocenters. The van der Waals surface area contributed by atoms with Crippen LogP contribution in [0.15, 0.2) is 30.6 Å². The molecule has 3 aromatic heterocycles. The summed E-state index contributed by atoms with van der Waals surface area (Å²) in [6.45, 7) is 1.51. The van der Waals surface area contributed by atoms with E-state index in [-0.39, 0.29) is 12.6 Å². The highest BCUT2D eigenvalue weighted by Gasteiger charge is 2.26. The molecule has 0 radical (unpaired) electrons. The molecule has 9 heteroatoms. The monoisotopic (exact) mass is 364 g/mol. The summed E-state index contributed by atoms with van der Waals surface area (Å²) in [5, 5.41) is 12.9. The lowest BCUT2D eigenvalue weighted by molar-refractivity contribution is 0.265. The van der Waals surface area contributed by atoms with Gasteiger partial charge in [0, 0.05) is 6.54 Å². The van der Waals surface area contributed by atoms with Crippen molar-refractivity contribution in [1.29, 1.82) is 0 Å². The molecule has 4 aromatic rings. The Morgan fingerprint density at radius 3 is 3.00 bits per heavy atom. The number of imidazole rings is 2. The predicted octanol–water partition coefficient (Wildman–Crippen LogP) is 1.80. The van der Waals surface area contributed by atoms with Gasteiger partial charge in [-0.15, -0.1) is 0 Å². The second kappa shape index (κ2) is 6.51. The quantitative estimate of drug-likeness (QED) is 0.426. The lowest BCUT2D eigenvalue weighted by Gasteiger charge is -2.21. The molecule has 0 aliphatic carbocycles. The first-order valence-corrected chi connectivity index (χ1v) is 9.07. The van der Waals surface area contributed by atoms with E-state index in [1.54, 1.807) is 0 Å². The SMILES string of the molecule is OCC1CCCN1c1nc2ncnc(NCc3nc4ccccc4[nH]3)c2[nH]1. The van der Waals surface area contributed by atoms with Gasteiger partial charge in [-0.05, 0) is 25.0 Å². The zero-order valence-electron chi connectivity index (χ0n) is 14.7. The van der Waals surface area contributed by atoms with Gasteiger partial charge in [-0.3, -0.25) is 0 Å². The fourth-order valence-corrected chi connectivity index (χ4v) is 3.65. The van der Waals surface area contributed by atoms with Crippen LogP contribution >= 0.6 is 0 Å². The summed E-state index contributed by atoms with van der Waals surface area (Å²) in [5.74, 6) is 2.25. The molecule has 1 saturated heterocycles. The van der Waals surface area contributed by atoms with Gasteiger partial charge >= 0.3 is 0 Å². The molecule has 1 aromatic carbocycles. The van der Waals surface area contributed by atoms with E-state index in [1.165, 1.54) is 6.33 Å². The predicted molar refractivity (Wildman–Crippen MR) is 103 cm³/mol. The van der Waals surface area contributed by atoms with Gasteiger partial charge in [0.15, 0.2) is 11.5 Å². The molecular weight excluding hydrogens is 344 g/mol. The molecule has 1 unspecified atom stereocenters. The lowest BCUT2D eigenvalue weighted by atomic mass is 10.2. The molecular formula is C18H20N8O. The van der Waals surface area contributed by atoms with Gasteiger partial charge in [0.25, 0.3) is 0 Å². The van der Waals surface area contributed by atoms with Gasteiger partial charge in [-0.2, -0.15) is 4.98 Å². The Hall–Kier alpha value is -3.20. The molecule has 4 heterocycles. The summed E-state index contributed by atoms with van der Waals surface area (Å²) < 4.78 is 0. The zero-order chi connectivity index (χ0) is 18.2. The first kappa shape index (κ1) is 16.0. The third-order valence-electron chi connectivity index (χ3n) is 5.00. The standard InChI is InChI=1S/C18H20N8O/c27-9-11-4-3-7-26(11)18-24-15-16(20-10-21-17(15)25-18)19-8-14-22-12-5-1-2-6-13(12)23-14/h1-2,5-6,10-11,27H,3-4,7-9H2,(H,22,23)(H2,19,20,21,24,25). The topological polar surface area (TPSA) is 119 Å². The molecule has 27 heavy (non-hydrogen) atoms. The number of aromatic amines is 2. The second-order valence-corrected chi connectivity index (χ2v) is 6.71. The first-order chi connectivity index (χ1) is 13.3. The summed E-state index contributed by atoms with van der Waals surface area (Å²) in [7, 11) is 0. The number of aromatic nitrogens is 6. The van der Waals surface area contributed by atoms with E-state index in [0.717, 1.165) is 47.7 Å². The number of aliphatic hydroxyl groups excluding tert-OH is 1. The van der Waals surface area contributed by atoms with Gasteiger partial charge in [0.2, 0.25) is 5.95 Å². The number of H-pyrrole nitrogens is 2. The number of nitrogens with one attached hydrogen (secondary N) is 3. The lowest BCUT2D eigenvalue weighted by Crippen LogP contribution is -2.32. The molecule has 1 fully saturated rings. The number of fused-ring (bicyclic) bond motifs is 2. The average Bonchev–Trinajstić information content (AvgIpc) is 3.42. The summed E-state index contributed by atoms with van der Waals surface area (Å²) in [5.41, 5.74) is 3.31. The zero-order valence-corrected chi connectivity index (χ0v) is 14.7. The molecule has 0 spiro atoms. The van der Waals surface area contributed by atoms with Crippen LogP contribution in [0.4, 0.5) is 11.8 Å². The van der Waals surface area contributed by atoms with Gasteiger partial charge < -0.3 is 25.3 Å². The Kier molecular flexibility index (Phi) is 3.86. The van der Waals surface area contributed by atoms with Crippen LogP contribution in [0, 0.1) is 0 Å². The van der Waals surface area contributed by atoms with Crippen LogP contribution in [0.5, 0.6) is 0 Å². The van der Waals surface area contributed by atoms with E-state index in [0.29, 0.717) is 18.0 Å². The summed E-state index contributed by atoms with van der Waals surface area (Å²) >= 11 is 0. The van der Waals surface area contributed by atoms with Crippen molar-refractivity contribution in [2.45, 2.75) is 25.4 Å². The van der Waals surface area contributed by atoms with E-state index in [9.17, 15) is 5.11 Å². The van der Waals surface area contributed by atoms with Crippen LogP contribution in [-0.2, 0) is 6.54 Å². The van der Waals surface area contributed by atoms with Crippen molar-refractivity contribution in [3.8, 4) is 0 Å². The smallest absolute Gasteiger partial charge is 0.205 e. The molecule has 0 saturated carbocycles. The first-order valence-electron chi connectivity index (χ1n) is 9.07. The van der Waals surface area contributed by atoms with E-state index in [4.69, 9.17) is 0 Å². The number of hydrogen-bond donors (Lipinski definition) is 4. The molecule has 9 nitrogen and oxygen atoms in total. The number of anilines is 2. The maximum atomic E-state index is 9.56. The molecule has 0 amide bonds. The number of rotatable bonds is 5. The minimum atomic E-state index is 0.102. The van der Waals surface area contributed by atoms with Crippen molar-refractivity contribution in [2.24, 2.45) is 0 Å². The maximum absolute atomic E-state index is 9.56. The number of aliphatic hydroxyl groups is 1. The molecule has 0 bridgehead atoms. The molecule has 1 aliphatic heterocycles.